The molecule has 1 amide bonds. The fraction of sp³-hybridized carbons (Fsp3) is 0.606. The molecule has 1 aromatic heterocycles. The number of benzene rings is 1. The van der Waals surface area contributed by atoms with Crippen molar-refractivity contribution >= 4 is 23.6 Å². The molecule has 2 aromatic rings. The second kappa shape index (κ2) is 12.6. The van der Waals surface area contributed by atoms with Gasteiger partial charge in [-0.1, -0.05) is 13.8 Å². The molecule has 2 aliphatic carbocycles. The molecular formula is C33H47N4O6+. The van der Waals surface area contributed by atoms with Gasteiger partial charge in [-0.3, -0.25) is 19.2 Å². The monoisotopic (exact) mass is 595 g/mol. The van der Waals surface area contributed by atoms with Gasteiger partial charge in [0.15, 0.2) is 11.9 Å². The number of likely N-dealkylation sites (N-methyl/N-ethyl adjacent to an activating group) is 1. The number of amides is 1. The summed E-state index contributed by atoms with van der Waals surface area (Å²) in [6, 6.07) is 5.59. The molecule has 2 N–H and O–H groups in total. The minimum Gasteiger partial charge on any atom is -0.462 e. The van der Waals surface area contributed by atoms with E-state index in [0.29, 0.717) is 40.9 Å². The van der Waals surface area contributed by atoms with Crippen LogP contribution in [0.2, 0.25) is 0 Å². The fourth-order valence-corrected chi connectivity index (χ4v) is 6.65. The molecule has 0 spiro atoms. The number of esters is 2. The van der Waals surface area contributed by atoms with E-state index in [1.807, 2.05) is 44.9 Å². The average molecular weight is 596 g/mol. The highest BCUT2D eigenvalue weighted by atomic mass is 16.6. The van der Waals surface area contributed by atoms with E-state index in [4.69, 9.17) is 20.3 Å². The normalized spacial score (nSPS) is 20.7. The Kier molecular flexibility index (Phi) is 9.49. The number of ketones is 1. The highest BCUT2D eigenvalue weighted by Crippen LogP contribution is 2.37. The molecule has 4 rings (SSSR count). The summed E-state index contributed by atoms with van der Waals surface area (Å²) in [6.45, 7) is 7.92. The predicted molar refractivity (Wildman–Crippen MR) is 162 cm³/mol. The first kappa shape index (κ1) is 32.4. The SMILES string of the molecule is CC(=O)OC(CC(=O)OC1CCC(Cc2cc(-n3nc(C)c4c3CC(C)(C)CC4=O)ccc2C(N)=O)CC1)C[N+](C)(C)C. The lowest BCUT2D eigenvalue weighted by Gasteiger charge is -2.30. The van der Waals surface area contributed by atoms with Crippen LogP contribution in [0.15, 0.2) is 18.2 Å². The van der Waals surface area contributed by atoms with E-state index in [9.17, 15) is 19.2 Å². The summed E-state index contributed by atoms with van der Waals surface area (Å²) in [5.74, 6) is -0.825. The number of hydrogen-bond donors (Lipinski definition) is 1. The Hall–Kier alpha value is -3.53. The number of ether oxygens (including phenoxy) is 2. The molecule has 0 aliphatic heterocycles. The quantitative estimate of drug-likeness (QED) is 0.323. The number of aryl methyl sites for hydroxylation is 1. The van der Waals surface area contributed by atoms with Crippen molar-refractivity contribution in [2.75, 3.05) is 27.7 Å². The Balaban J connectivity index is 1.43. The van der Waals surface area contributed by atoms with E-state index in [1.165, 1.54) is 6.92 Å². The summed E-state index contributed by atoms with van der Waals surface area (Å²) in [5, 5.41) is 4.74. The van der Waals surface area contributed by atoms with Crippen LogP contribution in [0.25, 0.3) is 5.69 Å². The molecule has 10 heteroatoms. The van der Waals surface area contributed by atoms with Crippen molar-refractivity contribution in [3.63, 3.8) is 0 Å². The van der Waals surface area contributed by atoms with E-state index in [1.54, 1.807) is 6.07 Å². The lowest BCUT2D eigenvalue weighted by atomic mass is 9.75. The largest absolute Gasteiger partial charge is 0.462 e. The van der Waals surface area contributed by atoms with Crippen LogP contribution in [-0.2, 0) is 31.9 Å². The number of carbonyl (C=O) groups is 4. The van der Waals surface area contributed by atoms with Gasteiger partial charge in [0.1, 0.15) is 12.6 Å². The molecule has 1 saturated carbocycles. The Labute approximate surface area is 254 Å². The van der Waals surface area contributed by atoms with E-state index in [0.717, 1.165) is 54.7 Å². The van der Waals surface area contributed by atoms with Crippen molar-refractivity contribution in [2.24, 2.45) is 17.1 Å². The number of Topliss-reactive ketones (excluding diaryl/α,β-unsaturated/α-hetero) is 1. The first-order valence-electron chi connectivity index (χ1n) is 15.2. The molecule has 1 atom stereocenters. The molecule has 234 valence electrons. The first-order valence-corrected chi connectivity index (χ1v) is 15.2. The summed E-state index contributed by atoms with van der Waals surface area (Å²) in [4.78, 5) is 49.5. The van der Waals surface area contributed by atoms with Crippen molar-refractivity contribution in [1.82, 2.24) is 9.78 Å². The zero-order valence-corrected chi connectivity index (χ0v) is 26.7. The number of carbonyl (C=O) groups excluding carboxylic acids is 4. The van der Waals surface area contributed by atoms with Crippen LogP contribution in [0.5, 0.6) is 0 Å². The second-order valence-corrected chi connectivity index (χ2v) is 14.2. The molecule has 0 bridgehead atoms. The van der Waals surface area contributed by atoms with Crippen molar-refractivity contribution in [3.8, 4) is 5.69 Å². The molecule has 1 heterocycles. The van der Waals surface area contributed by atoms with Crippen LogP contribution in [-0.4, -0.2) is 77.8 Å². The van der Waals surface area contributed by atoms with Crippen LogP contribution >= 0.6 is 0 Å². The average Bonchev–Trinajstić information content (AvgIpc) is 3.18. The van der Waals surface area contributed by atoms with Gasteiger partial charge in [0.25, 0.3) is 0 Å². The van der Waals surface area contributed by atoms with E-state index < -0.39 is 18.0 Å². The lowest BCUT2D eigenvalue weighted by molar-refractivity contribution is -0.873. The highest BCUT2D eigenvalue weighted by molar-refractivity contribution is 6.00. The van der Waals surface area contributed by atoms with Crippen molar-refractivity contribution < 1.29 is 33.1 Å². The summed E-state index contributed by atoms with van der Waals surface area (Å²) < 4.78 is 13.6. The molecule has 2 aliphatic rings. The van der Waals surface area contributed by atoms with Gasteiger partial charge >= 0.3 is 11.9 Å². The third kappa shape index (κ3) is 8.31. The molecule has 1 aromatic carbocycles. The maximum Gasteiger partial charge on any atom is 0.310 e. The minimum absolute atomic E-state index is 0.0309. The topological polar surface area (TPSA) is 131 Å². The Bertz CT molecular complexity index is 1390. The van der Waals surface area contributed by atoms with Crippen LogP contribution in [0.1, 0.15) is 97.0 Å². The molecule has 10 nitrogen and oxygen atoms in total. The number of quaternary nitrogens is 1. The number of aromatic nitrogens is 2. The maximum absolute atomic E-state index is 12.9. The molecule has 1 fully saturated rings. The van der Waals surface area contributed by atoms with Gasteiger partial charge in [-0.2, -0.15) is 5.10 Å². The number of nitrogens with zero attached hydrogens (tertiary/aromatic N) is 3. The predicted octanol–water partition coefficient (Wildman–Crippen LogP) is 4.11. The van der Waals surface area contributed by atoms with E-state index in [-0.39, 0.29) is 29.7 Å². The fourth-order valence-electron chi connectivity index (χ4n) is 6.65. The first-order chi connectivity index (χ1) is 20.0. The van der Waals surface area contributed by atoms with Crippen molar-refractivity contribution in [3.05, 3.63) is 46.3 Å². The van der Waals surface area contributed by atoms with Crippen molar-refractivity contribution in [2.45, 2.75) is 91.3 Å². The third-order valence-corrected chi connectivity index (χ3v) is 8.40. The Morgan fingerprint density at radius 2 is 1.79 bits per heavy atom. The summed E-state index contributed by atoms with van der Waals surface area (Å²) >= 11 is 0. The number of primary amides is 1. The summed E-state index contributed by atoms with van der Waals surface area (Å²) in [6.07, 6.45) is 4.33. The van der Waals surface area contributed by atoms with Crippen LogP contribution in [0.4, 0.5) is 0 Å². The van der Waals surface area contributed by atoms with Gasteiger partial charge in [0, 0.05) is 18.9 Å². The third-order valence-electron chi connectivity index (χ3n) is 8.40. The van der Waals surface area contributed by atoms with Gasteiger partial charge in [-0.05, 0) is 80.5 Å². The number of fused-ring (bicyclic) bond motifs is 1. The smallest absolute Gasteiger partial charge is 0.310 e. The van der Waals surface area contributed by atoms with Gasteiger partial charge in [0.05, 0.1) is 50.2 Å². The van der Waals surface area contributed by atoms with Gasteiger partial charge in [-0.15, -0.1) is 0 Å². The molecule has 0 radical (unpaired) electrons. The van der Waals surface area contributed by atoms with Crippen molar-refractivity contribution in [1.29, 1.82) is 0 Å². The van der Waals surface area contributed by atoms with Gasteiger partial charge in [-0.25, -0.2) is 4.68 Å². The van der Waals surface area contributed by atoms with Crippen LogP contribution in [0.3, 0.4) is 0 Å². The number of nitrogens with two attached hydrogens (primary N) is 1. The van der Waals surface area contributed by atoms with E-state index in [2.05, 4.69) is 13.8 Å². The minimum atomic E-state index is -0.533. The lowest BCUT2D eigenvalue weighted by Crippen LogP contribution is -2.44. The molecule has 0 saturated heterocycles. The Morgan fingerprint density at radius 1 is 1.12 bits per heavy atom. The summed E-state index contributed by atoms with van der Waals surface area (Å²) in [7, 11) is 5.94. The maximum atomic E-state index is 12.9. The number of hydrogen-bond acceptors (Lipinski definition) is 7. The second-order valence-electron chi connectivity index (χ2n) is 14.2. The summed E-state index contributed by atoms with van der Waals surface area (Å²) in [5.41, 5.74) is 10.1. The Morgan fingerprint density at radius 3 is 2.40 bits per heavy atom. The highest BCUT2D eigenvalue weighted by Gasteiger charge is 2.36. The zero-order valence-electron chi connectivity index (χ0n) is 26.7. The standard InChI is InChI=1S/C33H46N4O6/c1-20-31-28(17-33(3,4)18-29(31)39)36(35-20)24-10-13-27(32(34)41)23(15-24)14-22-8-11-25(12-9-22)43-30(40)16-26(42-21(2)38)19-37(5,6)7/h10,13,15,22,25-26H,8-9,11-12,14,16-19H2,1-7H3,(H-,34,41)/p+1. The number of rotatable bonds is 10. The molecule has 1 unspecified atom stereocenters. The van der Waals surface area contributed by atoms with Gasteiger partial charge in [0.2, 0.25) is 5.91 Å². The van der Waals surface area contributed by atoms with E-state index >= 15 is 0 Å². The molecule has 43 heavy (non-hydrogen) atoms. The van der Waals surface area contributed by atoms with Crippen LogP contribution in [0, 0.1) is 18.3 Å². The zero-order chi connectivity index (χ0) is 31.7. The van der Waals surface area contributed by atoms with Gasteiger partial charge < -0.3 is 19.7 Å². The van der Waals surface area contributed by atoms with Crippen LogP contribution < -0.4 is 5.73 Å². The molecular weight excluding hydrogens is 548 g/mol.